The average molecular weight is 443 g/mol. The van der Waals surface area contributed by atoms with E-state index in [-0.39, 0.29) is 17.7 Å². The summed E-state index contributed by atoms with van der Waals surface area (Å²) in [6.07, 6.45) is 0.517. The van der Waals surface area contributed by atoms with Gasteiger partial charge >= 0.3 is 0 Å². The number of hydrogen-bond acceptors (Lipinski definition) is 5. The third kappa shape index (κ3) is 3.82. The van der Waals surface area contributed by atoms with Crippen LogP contribution in [0.1, 0.15) is 61.7 Å². The molecular formula is C28H30N2O3. The van der Waals surface area contributed by atoms with Gasteiger partial charge in [-0.05, 0) is 35.2 Å². The Labute approximate surface area is 195 Å². The number of methoxy groups -OCH3 is 2. The highest BCUT2D eigenvalue weighted by Gasteiger charge is 2.41. The van der Waals surface area contributed by atoms with Crippen LogP contribution in [0.15, 0.2) is 71.8 Å². The zero-order chi connectivity index (χ0) is 23.2. The van der Waals surface area contributed by atoms with Gasteiger partial charge in [-0.1, -0.05) is 63.2 Å². The van der Waals surface area contributed by atoms with Crippen molar-refractivity contribution in [1.82, 2.24) is 5.01 Å². The van der Waals surface area contributed by atoms with E-state index in [9.17, 15) is 0 Å². The fourth-order valence-electron chi connectivity index (χ4n) is 4.59. The molecule has 33 heavy (non-hydrogen) atoms. The Bertz CT molecular complexity index is 1190. The largest absolute Gasteiger partial charge is 0.493 e. The molecule has 0 unspecified atom stereocenters. The van der Waals surface area contributed by atoms with Gasteiger partial charge in [-0.25, -0.2) is 5.01 Å². The summed E-state index contributed by atoms with van der Waals surface area (Å²) in [5.74, 6) is 2.34. The lowest BCUT2D eigenvalue weighted by molar-refractivity contribution is -0.0190. The topological polar surface area (TPSA) is 43.3 Å². The second-order valence-electron chi connectivity index (χ2n) is 9.60. The maximum Gasteiger partial charge on any atom is 0.213 e. The number of rotatable bonds is 4. The number of hydrogen-bond donors (Lipinski definition) is 0. The first-order valence-corrected chi connectivity index (χ1v) is 11.3. The molecule has 3 aromatic rings. The molecular weight excluding hydrogens is 412 g/mol. The van der Waals surface area contributed by atoms with Crippen molar-refractivity contribution >= 4 is 5.71 Å². The molecule has 0 fully saturated rings. The monoisotopic (exact) mass is 442 g/mol. The van der Waals surface area contributed by atoms with Gasteiger partial charge in [0.2, 0.25) is 6.23 Å². The van der Waals surface area contributed by atoms with Crippen molar-refractivity contribution in [3.8, 4) is 17.2 Å². The molecule has 2 atom stereocenters. The summed E-state index contributed by atoms with van der Waals surface area (Å²) >= 11 is 0. The first-order valence-electron chi connectivity index (χ1n) is 11.3. The molecule has 0 N–H and O–H groups in total. The molecule has 5 heteroatoms. The van der Waals surface area contributed by atoms with Crippen LogP contribution in [0.25, 0.3) is 0 Å². The number of para-hydroxylation sites is 1. The minimum Gasteiger partial charge on any atom is -0.493 e. The van der Waals surface area contributed by atoms with Crippen LogP contribution in [-0.4, -0.2) is 24.9 Å². The quantitative estimate of drug-likeness (QED) is 0.479. The Balaban J connectivity index is 1.54. The van der Waals surface area contributed by atoms with Crippen LogP contribution in [-0.2, 0) is 5.41 Å². The van der Waals surface area contributed by atoms with Crippen LogP contribution < -0.4 is 14.2 Å². The molecule has 2 aliphatic rings. The van der Waals surface area contributed by atoms with Gasteiger partial charge in [0.05, 0.1) is 26.0 Å². The third-order valence-electron chi connectivity index (χ3n) is 6.48. The highest BCUT2D eigenvalue weighted by atomic mass is 16.5. The van der Waals surface area contributed by atoms with Crippen molar-refractivity contribution in [2.24, 2.45) is 5.10 Å². The predicted molar refractivity (Wildman–Crippen MR) is 130 cm³/mol. The maximum atomic E-state index is 6.50. The van der Waals surface area contributed by atoms with E-state index >= 15 is 0 Å². The Kier molecular flexibility index (Phi) is 5.28. The second kappa shape index (κ2) is 8.14. The lowest BCUT2D eigenvalue weighted by Gasteiger charge is -2.38. The molecule has 170 valence electrons. The van der Waals surface area contributed by atoms with Crippen molar-refractivity contribution in [1.29, 1.82) is 0 Å². The number of benzene rings is 3. The van der Waals surface area contributed by atoms with E-state index in [1.54, 1.807) is 14.2 Å². The highest BCUT2D eigenvalue weighted by molar-refractivity contribution is 6.02. The molecule has 0 aromatic heterocycles. The number of fused-ring (bicyclic) bond motifs is 3. The Hall–Kier alpha value is -3.47. The lowest BCUT2D eigenvalue weighted by atomic mass is 9.86. The fourth-order valence-corrected chi connectivity index (χ4v) is 4.59. The Morgan fingerprint density at radius 2 is 1.64 bits per heavy atom. The van der Waals surface area contributed by atoms with Crippen molar-refractivity contribution in [2.45, 2.75) is 44.9 Å². The molecule has 0 aliphatic carbocycles. The fraction of sp³-hybridized carbons (Fsp3) is 0.321. The van der Waals surface area contributed by atoms with E-state index in [1.807, 2.05) is 24.3 Å². The number of nitrogens with zero attached hydrogens (tertiary/aromatic N) is 2. The molecule has 0 bridgehead atoms. The van der Waals surface area contributed by atoms with Gasteiger partial charge in [0.15, 0.2) is 11.5 Å². The zero-order valence-electron chi connectivity index (χ0n) is 19.8. The summed E-state index contributed by atoms with van der Waals surface area (Å²) in [4.78, 5) is 0. The number of hydrazone groups is 1. The maximum absolute atomic E-state index is 6.50. The molecule has 0 saturated heterocycles. The van der Waals surface area contributed by atoms with E-state index < -0.39 is 0 Å². The van der Waals surface area contributed by atoms with Gasteiger partial charge in [-0.3, -0.25) is 0 Å². The molecule has 2 heterocycles. The molecule has 3 aromatic carbocycles. The van der Waals surface area contributed by atoms with Gasteiger partial charge in [-0.2, -0.15) is 5.10 Å². The van der Waals surface area contributed by atoms with Crippen LogP contribution in [0.4, 0.5) is 0 Å². The Morgan fingerprint density at radius 3 is 2.33 bits per heavy atom. The normalized spacial score (nSPS) is 19.3. The van der Waals surface area contributed by atoms with Gasteiger partial charge in [0.1, 0.15) is 5.75 Å². The molecule has 0 radical (unpaired) electrons. The van der Waals surface area contributed by atoms with Crippen LogP contribution in [0.3, 0.4) is 0 Å². The summed E-state index contributed by atoms with van der Waals surface area (Å²) in [6.45, 7) is 6.68. The molecule has 0 spiro atoms. The van der Waals surface area contributed by atoms with Crippen molar-refractivity contribution in [3.63, 3.8) is 0 Å². The standard InChI is InChI=1S/C28H30N2O3/c1-28(2,3)20-13-10-18(11-14-20)27-30-23(21-8-6-7-9-24(21)33-27)17-22(29-30)19-12-15-25(31-4)26(16-19)32-5/h6-16,23,27H,17H2,1-5H3/t23-,27+/m0/s1. The SMILES string of the molecule is COc1ccc(C2=NN3[C@@H](c4ccc(C(C)(C)C)cc4)Oc4ccccc4[C@@H]3C2)cc1OC. The first kappa shape index (κ1) is 21.4. The molecule has 0 saturated carbocycles. The van der Waals surface area contributed by atoms with E-state index in [4.69, 9.17) is 19.3 Å². The van der Waals surface area contributed by atoms with Crippen LogP contribution in [0, 0.1) is 0 Å². The Morgan fingerprint density at radius 1 is 0.909 bits per heavy atom. The van der Waals surface area contributed by atoms with E-state index in [0.717, 1.165) is 29.0 Å². The second-order valence-corrected chi connectivity index (χ2v) is 9.60. The summed E-state index contributed by atoms with van der Waals surface area (Å²) in [5, 5.41) is 7.18. The van der Waals surface area contributed by atoms with Crippen LogP contribution >= 0.6 is 0 Å². The van der Waals surface area contributed by atoms with E-state index in [2.05, 4.69) is 68.2 Å². The number of ether oxygens (including phenoxy) is 3. The smallest absolute Gasteiger partial charge is 0.213 e. The summed E-state index contributed by atoms with van der Waals surface area (Å²) in [7, 11) is 3.30. The van der Waals surface area contributed by atoms with Crippen LogP contribution in [0.5, 0.6) is 17.2 Å². The van der Waals surface area contributed by atoms with Gasteiger partial charge in [0.25, 0.3) is 0 Å². The summed E-state index contributed by atoms with van der Waals surface area (Å²) in [5.41, 5.74) is 5.71. The van der Waals surface area contributed by atoms with Crippen LogP contribution in [0.2, 0.25) is 0 Å². The van der Waals surface area contributed by atoms with Crippen molar-refractivity contribution in [3.05, 3.63) is 89.0 Å². The minimum atomic E-state index is -0.281. The molecule has 0 amide bonds. The predicted octanol–water partition coefficient (Wildman–Crippen LogP) is 6.24. The van der Waals surface area contributed by atoms with Crippen molar-refractivity contribution < 1.29 is 14.2 Å². The van der Waals surface area contributed by atoms with Gasteiger partial charge < -0.3 is 14.2 Å². The van der Waals surface area contributed by atoms with Crippen molar-refractivity contribution in [2.75, 3.05) is 14.2 Å². The zero-order valence-corrected chi connectivity index (χ0v) is 19.8. The molecule has 5 rings (SSSR count). The minimum absolute atomic E-state index is 0.105. The molecule has 5 nitrogen and oxygen atoms in total. The van der Waals surface area contributed by atoms with Gasteiger partial charge in [-0.15, -0.1) is 0 Å². The molecule has 2 aliphatic heterocycles. The van der Waals surface area contributed by atoms with E-state index in [1.165, 1.54) is 11.1 Å². The van der Waals surface area contributed by atoms with E-state index in [0.29, 0.717) is 11.5 Å². The summed E-state index contributed by atoms with van der Waals surface area (Å²) in [6, 6.07) is 23.1. The average Bonchev–Trinajstić information content (AvgIpc) is 3.28. The van der Waals surface area contributed by atoms with Gasteiger partial charge in [0, 0.05) is 23.1 Å². The first-order chi connectivity index (χ1) is 15.9. The lowest BCUT2D eigenvalue weighted by Crippen LogP contribution is -2.33. The highest BCUT2D eigenvalue weighted by Crippen LogP contribution is 2.47. The summed E-state index contributed by atoms with van der Waals surface area (Å²) < 4.78 is 17.4. The third-order valence-corrected chi connectivity index (χ3v) is 6.48.